The number of aromatic nitrogens is 5. The van der Waals surface area contributed by atoms with Crippen LogP contribution in [0.4, 0.5) is 11.6 Å². The summed E-state index contributed by atoms with van der Waals surface area (Å²) in [6, 6.07) is 5.85. The zero-order valence-corrected chi connectivity index (χ0v) is 12.4. The lowest BCUT2D eigenvalue weighted by molar-refractivity contribution is 0.708. The van der Waals surface area contributed by atoms with Gasteiger partial charge in [0.25, 0.3) is 0 Å². The van der Waals surface area contributed by atoms with Gasteiger partial charge in [0.2, 0.25) is 5.95 Å². The molecule has 0 unspecified atom stereocenters. The van der Waals surface area contributed by atoms with Crippen LogP contribution in [0.5, 0.6) is 0 Å². The fourth-order valence-electron chi connectivity index (χ4n) is 2.42. The minimum Gasteiger partial charge on any atom is -0.378 e. The summed E-state index contributed by atoms with van der Waals surface area (Å²) in [6.07, 6.45) is 1.69. The Bertz CT molecular complexity index is 867. The molecule has 0 atom stereocenters. The molecule has 0 saturated heterocycles. The molecule has 0 spiro atoms. The number of imidazole rings is 1. The third-order valence-electron chi connectivity index (χ3n) is 3.61. The van der Waals surface area contributed by atoms with Crippen molar-refractivity contribution in [1.82, 2.24) is 24.3 Å². The maximum absolute atomic E-state index is 9.34. The number of aryl methyl sites for hydroxylation is 2. The van der Waals surface area contributed by atoms with Crippen molar-refractivity contribution in [3.05, 3.63) is 29.8 Å². The molecule has 0 amide bonds. The lowest BCUT2D eigenvalue weighted by Gasteiger charge is -2.08. The van der Waals surface area contributed by atoms with E-state index in [4.69, 9.17) is 5.73 Å². The molecule has 112 valence electrons. The molecule has 0 aliphatic rings. The molecule has 3 rings (SSSR count). The Labute approximate surface area is 127 Å². The first-order valence-electron chi connectivity index (χ1n) is 6.90. The van der Waals surface area contributed by atoms with Gasteiger partial charge < -0.3 is 20.2 Å². The van der Waals surface area contributed by atoms with Gasteiger partial charge in [-0.3, -0.25) is 0 Å². The molecule has 0 radical (unpaired) electrons. The second-order valence-corrected chi connectivity index (χ2v) is 4.92. The smallest absolute Gasteiger partial charge is 0.200 e. The summed E-state index contributed by atoms with van der Waals surface area (Å²) >= 11 is 0. The highest BCUT2D eigenvalue weighted by atomic mass is 15.3. The molecule has 8 heteroatoms. The van der Waals surface area contributed by atoms with Gasteiger partial charge in [-0.2, -0.15) is 5.26 Å². The Balaban J connectivity index is 1.93. The number of benzene rings is 1. The summed E-state index contributed by atoms with van der Waals surface area (Å²) in [5.74, 6) is 1.22. The van der Waals surface area contributed by atoms with Crippen molar-refractivity contribution in [2.75, 3.05) is 11.1 Å². The van der Waals surface area contributed by atoms with Crippen LogP contribution in [-0.2, 0) is 20.1 Å². The summed E-state index contributed by atoms with van der Waals surface area (Å²) in [4.78, 5) is 4.28. The molecule has 0 fully saturated rings. The number of hydrogen-bond acceptors (Lipinski definition) is 6. The number of rotatable bonds is 4. The van der Waals surface area contributed by atoms with Crippen LogP contribution in [0.1, 0.15) is 18.3 Å². The van der Waals surface area contributed by atoms with Gasteiger partial charge in [0.15, 0.2) is 5.82 Å². The molecule has 22 heavy (non-hydrogen) atoms. The summed E-state index contributed by atoms with van der Waals surface area (Å²) in [7, 11) is 1.79. The zero-order valence-electron chi connectivity index (χ0n) is 12.4. The molecule has 3 N–H and O–H groups in total. The number of nitriles is 1. The zero-order chi connectivity index (χ0) is 15.7. The van der Waals surface area contributed by atoms with E-state index in [1.165, 1.54) is 0 Å². The van der Waals surface area contributed by atoms with E-state index in [0.717, 1.165) is 23.6 Å². The van der Waals surface area contributed by atoms with E-state index in [-0.39, 0.29) is 0 Å². The molecule has 8 nitrogen and oxygen atoms in total. The third kappa shape index (κ3) is 2.22. The Morgan fingerprint density at radius 1 is 1.41 bits per heavy atom. The molecular formula is C14H16N8. The van der Waals surface area contributed by atoms with Gasteiger partial charge in [-0.15, -0.1) is 10.2 Å². The minimum atomic E-state index is 0.384. The first kappa shape index (κ1) is 13.9. The van der Waals surface area contributed by atoms with Gasteiger partial charge in [-0.1, -0.05) is 0 Å². The number of nitrogens with zero attached hydrogens (tertiary/aromatic N) is 6. The predicted molar refractivity (Wildman–Crippen MR) is 82.9 cm³/mol. The van der Waals surface area contributed by atoms with Gasteiger partial charge in [0.1, 0.15) is 12.4 Å². The first-order chi connectivity index (χ1) is 10.6. The topological polar surface area (TPSA) is 110 Å². The van der Waals surface area contributed by atoms with Crippen LogP contribution in [0, 0.1) is 11.3 Å². The van der Waals surface area contributed by atoms with Crippen LogP contribution >= 0.6 is 0 Å². The molecule has 3 aromatic rings. The highest BCUT2D eigenvalue weighted by molar-refractivity contribution is 5.87. The van der Waals surface area contributed by atoms with Gasteiger partial charge in [0, 0.05) is 19.3 Å². The molecule has 0 aliphatic carbocycles. The fraction of sp³-hybridized carbons (Fsp3) is 0.286. The molecule has 2 aromatic heterocycles. The van der Waals surface area contributed by atoms with Crippen LogP contribution in [0.15, 0.2) is 18.5 Å². The molecule has 2 heterocycles. The average molecular weight is 296 g/mol. The number of nitrogens with one attached hydrogen (secondary N) is 1. The Kier molecular flexibility index (Phi) is 3.39. The van der Waals surface area contributed by atoms with Gasteiger partial charge in [-0.05, 0) is 19.1 Å². The van der Waals surface area contributed by atoms with E-state index in [9.17, 15) is 5.26 Å². The summed E-state index contributed by atoms with van der Waals surface area (Å²) in [6.45, 7) is 3.36. The van der Waals surface area contributed by atoms with Crippen LogP contribution in [0.2, 0.25) is 0 Å². The fourth-order valence-corrected chi connectivity index (χ4v) is 2.42. The third-order valence-corrected chi connectivity index (χ3v) is 3.61. The second kappa shape index (κ2) is 5.37. The maximum atomic E-state index is 9.34. The summed E-state index contributed by atoms with van der Waals surface area (Å²) in [5, 5.41) is 20.6. The van der Waals surface area contributed by atoms with Crippen molar-refractivity contribution in [3.8, 4) is 6.07 Å². The van der Waals surface area contributed by atoms with Crippen LogP contribution in [0.3, 0.4) is 0 Å². The van der Waals surface area contributed by atoms with Crippen LogP contribution in [0.25, 0.3) is 11.0 Å². The SMILES string of the molecule is CCn1cnnc1CNc1cc(C#N)c2c(c1)nc(N)n2C. The molecule has 0 bridgehead atoms. The van der Waals surface area contributed by atoms with Crippen molar-refractivity contribution >= 4 is 22.7 Å². The van der Waals surface area contributed by atoms with Crippen molar-refractivity contribution in [2.45, 2.75) is 20.0 Å². The van der Waals surface area contributed by atoms with E-state index in [1.807, 2.05) is 17.6 Å². The second-order valence-electron chi connectivity index (χ2n) is 4.92. The Hall–Kier alpha value is -3.08. The normalized spacial score (nSPS) is 10.8. The van der Waals surface area contributed by atoms with Crippen LogP contribution in [-0.4, -0.2) is 24.3 Å². The molecule has 0 aliphatic heterocycles. The molecule has 1 aromatic carbocycles. The highest BCUT2D eigenvalue weighted by Gasteiger charge is 2.12. The first-order valence-corrected chi connectivity index (χ1v) is 6.90. The minimum absolute atomic E-state index is 0.384. The van der Waals surface area contributed by atoms with E-state index < -0.39 is 0 Å². The molecular weight excluding hydrogens is 280 g/mol. The lowest BCUT2D eigenvalue weighted by atomic mass is 10.1. The van der Waals surface area contributed by atoms with Gasteiger partial charge in [0.05, 0.1) is 23.1 Å². The number of nitrogen functional groups attached to an aromatic ring is 1. The lowest BCUT2D eigenvalue weighted by Crippen LogP contribution is -2.07. The number of fused-ring (bicyclic) bond motifs is 1. The summed E-state index contributed by atoms with van der Waals surface area (Å²) in [5.41, 5.74) is 8.58. The maximum Gasteiger partial charge on any atom is 0.200 e. The van der Waals surface area contributed by atoms with Gasteiger partial charge in [-0.25, -0.2) is 4.98 Å². The van der Waals surface area contributed by atoms with Crippen molar-refractivity contribution < 1.29 is 0 Å². The van der Waals surface area contributed by atoms with E-state index in [0.29, 0.717) is 23.6 Å². The largest absolute Gasteiger partial charge is 0.378 e. The van der Waals surface area contributed by atoms with E-state index >= 15 is 0 Å². The standard InChI is InChI=1S/C14H16N8/c1-3-22-8-18-20-12(22)7-17-10-4-9(6-15)13-11(5-10)19-14(16)21(13)2/h4-5,8,17H,3,7H2,1-2H3,(H2,16,19). The van der Waals surface area contributed by atoms with Crippen molar-refractivity contribution in [1.29, 1.82) is 5.26 Å². The van der Waals surface area contributed by atoms with Gasteiger partial charge >= 0.3 is 0 Å². The van der Waals surface area contributed by atoms with Crippen molar-refractivity contribution in [2.24, 2.45) is 7.05 Å². The Morgan fingerprint density at radius 3 is 2.95 bits per heavy atom. The Morgan fingerprint density at radius 2 is 2.23 bits per heavy atom. The van der Waals surface area contributed by atoms with Crippen molar-refractivity contribution in [3.63, 3.8) is 0 Å². The monoisotopic (exact) mass is 296 g/mol. The number of hydrogen-bond donors (Lipinski definition) is 2. The predicted octanol–water partition coefficient (Wildman–Crippen LogP) is 1.25. The van der Waals surface area contributed by atoms with E-state index in [2.05, 4.69) is 26.6 Å². The quantitative estimate of drug-likeness (QED) is 0.749. The molecule has 0 saturated carbocycles. The highest BCUT2D eigenvalue weighted by Crippen LogP contribution is 2.25. The average Bonchev–Trinajstić information content (AvgIpc) is 3.09. The van der Waals surface area contributed by atoms with E-state index in [1.54, 1.807) is 24.0 Å². The number of anilines is 2. The summed E-state index contributed by atoms with van der Waals surface area (Å²) < 4.78 is 3.67. The number of nitrogens with two attached hydrogens (primary N) is 1. The van der Waals surface area contributed by atoms with Crippen LogP contribution < -0.4 is 11.1 Å².